The van der Waals surface area contributed by atoms with Crippen molar-refractivity contribution in [2.45, 2.75) is 78.0 Å². The van der Waals surface area contributed by atoms with Crippen molar-refractivity contribution in [1.29, 1.82) is 0 Å². The Bertz CT molecular complexity index is 1050. The lowest BCUT2D eigenvalue weighted by Crippen LogP contribution is -2.63. The van der Waals surface area contributed by atoms with Gasteiger partial charge in [0.1, 0.15) is 6.61 Å². The molecule has 4 bridgehead atoms. The molecule has 184 valence electrons. The van der Waals surface area contributed by atoms with E-state index < -0.39 is 0 Å². The van der Waals surface area contributed by atoms with Gasteiger partial charge in [0.05, 0.1) is 11.1 Å². The third-order valence-electron chi connectivity index (χ3n) is 8.09. The van der Waals surface area contributed by atoms with Crippen molar-refractivity contribution < 1.29 is 9.47 Å². The Labute approximate surface area is 222 Å². The Balaban J connectivity index is 1.33. The van der Waals surface area contributed by atoms with Crippen LogP contribution in [0.1, 0.15) is 70.4 Å². The molecule has 2 aromatic rings. The second-order valence-electron chi connectivity index (χ2n) is 11.6. The van der Waals surface area contributed by atoms with E-state index in [4.69, 9.17) is 32.7 Å². The minimum absolute atomic E-state index is 0.261. The van der Waals surface area contributed by atoms with E-state index in [2.05, 4.69) is 47.2 Å². The van der Waals surface area contributed by atoms with Crippen LogP contribution >= 0.6 is 39.1 Å². The van der Waals surface area contributed by atoms with Gasteiger partial charge in [-0.05, 0) is 108 Å². The fraction of sp³-hybridized carbons (Fsp3) is 0.571. The number of ether oxygens (including phenoxy) is 2. The predicted octanol–water partition coefficient (Wildman–Crippen LogP) is 8.57. The second-order valence-corrected chi connectivity index (χ2v) is 13.3. The van der Waals surface area contributed by atoms with Gasteiger partial charge in [-0.1, -0.05) is 43.1 Å². The van der Waals surface area contributed by atoms with Gasteiger partial charge in [0.15, 0.2) is 11.5 Å². The van der Waals surface area contributed by atoms with Crippen LogP contribution in [0.5, 0.6) is 11.5 Å². The molecule has 4 atom stereocenters. The van der Waals surface area contributed by atoms with Crippen molar-refractivity contribution in [2.75, 3.05) is 6.61 Å². The van der Waals surface area contributed by atoms with Gasteiger partial charge >= 0.3 is 0 Å². The molecule has 3 nitrogen and oxygen atoms in total. The van der Waals surface area contributed by atoms with Crippen molar-refractivity contribution in [3.63, 3.8) is 0 Å². The van der Waals surface area contributed by atoms with E-state index in [9.17, 15) is 0 Å². The lowest BCUT2D eigenvalue weighted by atomic mass is 9.43. The first-order chi connectivity index (χ1) is 16.1. The molecule has 0 radical (unpaired) electrons. The van der Waals surface area contributed by atoms with Crippen LogP contribution in [0.2, 0.25) is 10.0 Å². The molecule has 4 aliphatic rings. The monoisotopic (exact) mass is 565 g/mol. The normalized spacial score (nSPS) is 31.6. The number of nitrogens with one attached hydrogen (secondary N) is 1. The number of hydrogen-bond donors (Lipinski definition) is 1. The molecular formula is C28H34BrCl2NO2. The fourth-order valence-electron chi connectivity index (χ4n) is 7.88. The Kier molecular flexibility index (Phi) is 6.68. The molecule has 0 spiro atoms. The lowest BCUT2D eigenvalue weighted by Gasteiger charge is -2.65. The quantitative estimate of drug-likeness (QED) is 0.347. The van der Waals surface area contributed by atoms with Gasteiger partial charge in [-0.25, -0.2) is 0 Å². The zero-order valence-corrected chi connectivity index (χ0v) is 23.4. The van der Waals surface area contributed by atoms with E-state index >= 15 is 0 Å². The molecular weight excluding hydrogens is 533 g/mol. The molecule has 4 saturated carbocycles. The first kappa shape index (κ1) is 24.7. The standard InChI is InChI=1S/C28H34BrCl2NO2/c1-4-33-24-9-18(8-21(29)25(24)34-14-20-22(30)6-5-7-23(20)31)13-32-28-12-19-10-26(2,16-28)15-27(3,11-19)17-28/h5-9,19,32H,4,10-17H2,1-3H3/t19?,26-,27+,28?. The first-order valence-electron chi connectivity index (χ1n) is 12.4. The molecule has 34 heavy (non-hydrogen) atoms. The summed E-state index contributed by atoms with van der Waals surface area (Å²) in [4.78, 5) is 0. The maximum atomic E-state index is 6.34. The highest BCUT2D eigenvalue weighted by atomic mass is 79.9. The van der Waals surface area contributed by atoms with Gasteiger partial charge < -0.3 is 14.8 Å². The summed E-state index contributed by atoms with van der Waals surface area (Å²) < 4.78 is 13.0. The first-order valence-corrected chi connectivity index (χ1v) is 13.9. The summed E-state index contributed by atoms with van der Waals surface area (Å²) in [6, 6.07) is 9.73. The third kappa shape index (κ3) is 4.85. The highest BCUT2D eigenvalue weighted by Crippen LogP contribution is 2.66. The zero-order chi connectivity index (χ0) is 24.1. The summed E-state index contributed by atoms with van der Waals surface area (Å²) in [5, 5.41) is 5.23. The van der Waals surface area contributed by atoms with Gasteiger partial charge in [0.2, 0.25) is 0 Å². The second kappa shape index (κ2) is 9.18. The minimum atomic E-state index is 0.261. The van der Waals surface area contributed by atoms with Crippen molar-refractivity contribution in [3.8, 4) is 11.5 Å². The molecule has 4 aliphatic carbocycles. The average molecular weight is 567 g/mol. The van der Waals surface area contributed by atoms with E-state index in [1.807, 2.05) is 25.1 Å². The van der Waals surface area contributed by atoms with Crippen LogP contribution < -0.4 is 14.8 Å². The van der Waals surface area contributed by atoms with Gasteiger partial charge in [0.25, 0.3) is 0 Å². The van der Waals surface area contributed by atoms with Crippen LogP contribution in [-0.2, 0) is 13.2 Å². The lowest BCUT2D eigenvalue weighted by molar-refractivity contribution is -0.118. The molecule has 0 heterocycles. The predicted molar refractivity (Wildman–Crippen MR) is 143 cm³/mol. The Morgan fingerprint density at radius 1 is 1.00 bits per heavy atom. The SMILES string of the molecule is CCOc1cc(CNC23CC4C[C@@](C)(C2)C[C@](C)(C4)C3)cc(Br)c1OCc1c(Cl)cccc1Cl. The molecule has 0 aromatic heterocycles. The van der Waals surface area contributed by atoms with Gasteiger partial charge in [0, 0.05) is 27.7 Å². The number of halogens is 3. The van der Waals surface area contributed by atoms with E-state index in [0.717, 1.165) is 28.2 Å². The summed E-state index contributed by atoms with van der Waals surface area (Å²) in [7, 11) is 0. The highest BCUT2D eigenvalue weighted by molar-refractivity contribution is 9.10. The number of hydrogen-bond acceptors (Lipinski definition) is 3. The van der Waals surface area contributed by atoms with E-state index in [1.165, 1.54) is 44.1 Å². The topological polar surface area (TPSA) is 30.5 Å². The Morgan fingerprint density at radius 2 is 1.68 bits per heavy atom. The fourth-order valence-corrected chi connectivity index (χ4v) is 8.99. The molecule has 2 unspecified atom stereocenters. The van der Waals surface area contributed by atoms with Crippen LogP contribution in [0, 0.1) is 16.7 Å². The van der Waals surface area contributed by atoms with Crippen LogP contribution in [0.4, 0.5) is 0 Å². The molecule has 0 saturated heterocycles. The van der Waals surface area contributed by atoms with Crippen LogP contribution in [0.25, 0.3) is 0 Å². The molecule has 0 amide bonds. The van der Waals surface area contributed by atoms with Crippen molar-refractivity contribution in [3.05, 3.63) is 56.0 Å². The maximum Gasteiger partial charge on any atom is 0.175 e. The zero-order valence-electron chi connectivity index (χ0n) is 20.3. The highest BCUT2D eigenvalue weighted by Gasteiger charge is 2.59. The van der Waals surface area contributed by atoms with Crippen LogP contribution in [0.3, 0.4) is 0 Å². The molecule has 6 rings (SSSR count). The minimum Gasteiger partial charge on any atom is -0.490 e. The van der Waals surface area contributed by atoms with E-state index in [-0.39, 0.29) is 12.1 Å². The molecule has 1 N–H and O–H groups in total. The van der Waals surface area contributed by atoms with Crippen molar-refractivity contribution in [1.82, 2.24) is 5.32 Å². The van der Waals surface area contributed by atoms with Gasteiger partial charge in [-0.3, -0.25) is 0 Å². The molecule has 2 aromatic carbocycles. The Morgan fingerprint density at radius 3 is 2.29 bits per heavy atom. The summed E-state index contributed by atoms with van der Waals surface area (Å²) in [6.45, 7) is 8.70. The summed E-state index contributed by atoms with van der Waals surface area (Å²) in [5.41, 5.74) is 3.22. The maximum absolute atomic E-state index is 6.34. The van der Waals surface area contributed by atoms with E-state index in [1.54, 1.807) is 0 Å². The largest absolute Gasteiger partial charge is 0.490 e. The van der Waals surface area contributed by atoms with Crippen molar-refractivity contribution in [2.24, 2.45) is 16.7 Å². The molecule has 6 heteroatoms. The van der Waals surface area contributed by atoms with Gasteiger partial charge in [-0.2, -0.15) is 0 Å². The van der Waals surface area contributed by atoms with E-state index in [0.29, 0.717) is 33.2 Å². The third-order valence-corrected chi connectivity index (χ3v) is 9.38. The molecule has 4 fully saturated rings. The van der Waals surface area contributed by atoms with Crippen molar-refractivity contribution >= 4 is 39.1 Å². The number of benzene rings is 2. The number of rotatable bonds is 8. The smallest absolute Gasteiger partial charge is 0.175 e. The summed E-state index contributed by atoms with van der Waals surface area (Å²) in [6.07, 6.45) is 8.12. The van der Waals surface area contributed by atoms with Crippen LogP contribution in [-0.4, -0.2) is 12.1 Å². The average Bonchev–Trinajstić information content (AvgIpc) is 2.71. The summed E-state index contributed by atoms with van der Waals surface area (Å²) in [5.74, 6) is 2.29. The van der Waals surface area contributed by atoms with Crippen LogP contribution in [0.15, 0.2) is 34.8 Å². The Hall–Kier alpha value is -0.940. The molecule has 0 aliphatic heterocycles. The summed E-state index contributed by atoms with van der Waals surface area (Å²) >= 11 is 16.4. The van der Waals surface area contributed by atoms with Gasteiger partial charge in [-0.15, -0.1) is 0 Å².